The number of amides is 2. The van der Waals surface area contributed by atoms with Crippen molar-refractivity contribution in [3.8, 4) is 0 Å². The summed E-state index contributed by atoms with van der Waals surface area (Å²) in [5.74, 6) is 0.150. The Balaban J connectivity index is 2.70. The van der Waals surface area contributed by atoms with Crippen molar-refractivity contribution in [2.75, 3.05) is 17.8 Å². The molecule has 6 nitrogen and oxygen atoms in total. The van der Waals surface area contributed by atoms with Crippen molar-refractivity contribution >= 4 is 34.6 Å². The first-order chi connectivity index (χ1) is 9.73. The monoisotopic (exact) mass is 336 g/mol. The molecule has 1 fully saturated rings. The van der Waals surface area contributed by atoms with Crippen LogP contribution in [0, 0.1) is 5.92 Å². The summed E-state index contributed by atoms with van der Waals surface area (Å²) in [6.07, 6.45) is 2.24. The van der Waals surface area contributed by atoms with Gasteiger partial charge in [0.1, 0.15) is 6.04 Å². The third-order valence-corrected chi connectivity index (χ3v) is 5.76. The zero-order valence-corrected chi connectivity index (χ0v) is 14.5. The fraction of sp³-hybridized carbons (Fsp3) is 0.846. The van der Waals surface area contributed by atoms with Gasteiger partial charge in [-0.15, -0.1) is 11.8 Å². The zero-order chi connectivity index (χ0) is 16.2. The highest BCUT2D eigenvalue weighted by molar-refractivity contribution is 8.00. The van der Waals surface area contributed by atoms with Gasteiger partial charge in [0.05, 0.1) is 5.37 Å². The molecule has 122 valence electrons. The minimum Gasteiger partial charge on any atom is -0.480 e. The zero-order valence-electron chi connectivity index (χ0n) is 12.9. The molecule has 4 atom stereocenters. The van der Waals surface area contributed by atoms with Crippen LogP contribution in [0.25, 0.3) is 0 Å². The van der Waals surface area contributed by atoms with Gasteiger partial charge in [-0.1, -0.05) is 13.8 Å². The fourth-order valence-corrected chi connectivity index (χ4v) is 4.35. The molecule has 21 heavy (non-hydrogen) atoms. The molecule has 1 aliphatic heterocycles. The molecular formula is C13H24N2O4S2. The van der Waals surface area contributed by atoms with E-state index in [0.29, 0.717) is 17.9 Å². The standard InChI is InChI=1S/C13H24N2O4S2/c1-8(2)11-15(10(7-20-11)12(16)17)13(18)14-9(3)5-6-21(4)19/h8-11H,5-7H2,1-4H3,(H,14,18)(H,16,17). The summed E-state index contributed by atoms with van der Waals surface area (Å²) < 4.78 is 11.1. The Bertz CT molecular complexity index is 417. The molecule has 0 aromatic carbocycles. The van der Waals surface area contributed by atoms with Crippen molar-refractivity contribution < 1.29 is 18.9 Å². The van der Waals surface area contributed by atoms with E-state index >= 15 is 0 Å². The van der Waals surface area contributed by atoms with Crippen LogP contribution >= 0.6 is 11.8 Å². The number of rotatable bonds is 6. The van der Waals surface area contributed by atoms with Crippen LogP contribution < -0.4 is 5.32 Å². The predicted molar refractivity (Wildman–Crippen MR) is 85.9 cm³/mol. The summed E-state index contributed by atoms with van der Waals surface area (Å²) in [4.78, 5) is 25.1. The van der Waals surface area contributed by atoms with Gasteiger partial charge in [-0.3, -0.25) is 9.11 Å². The minimum atomic E-state index is -0.969. The average Bonchev–Trinajstić information content (AvgIpc) is 2.81. The average molecular weight is 336 g/mol. The van der Waals surface area contributed by atoms with Crippen LogP contribution in [0.1, 0.15) is 27.2 Å². The van der Waals surface area contributed by atoms with E-state index in [-0.39, 0.29) is 23.4 Å². The van der Waals surface area contributed by atoms with Crippen LogP contribution in [-0.4, -0.2) is 61.4 Å². The SMILES string of the molecule is CC(CCS(C)=O)NC(=O)N1C(C(=O)O)CSC1C(C)C. The normalized spacial score (nSPS) is 24.9. The van der Waals surface area contributed by atoms with Crippen LogP contribution in [-0.2, 0) is 15.6 Å². The van der Waals surface area contributed by atoms with Gasteiger partial charge in [0.15, 0.2) is 0 Å². The highest BCUT2D eigenvalue weighted by Gasteiger charge is 2.43. The molecule has 1 saturated heterocycles. The molecule has 2 amide bonds. The van der Waals surface area contributed by atoms with E-state index in [9.17, 15) is 18.9 Å². The first-order valence-electron chi connectivity index (χ1n) is 6.97. The molecule has 0 aromatic heterocycles. The van der Waals surface area contributed by atoms with E-state index in [1.165, 1.54) is 16.7 Å². The molecule has 1 rings (SSSR count). The maximum absolute atomic E-state index is 12.4. The van der Waals surface area contributed by atoms with Crippen molar-refractivity contribution in [3.05, 3.63) is 0 Å². The highest BCUT2D eigenvalue weighted by Crippen LogP contribution is 2.34. The lowest BCUT2D eigenvalue weighted by molar-refractivity contribution is -0.141. The van der Waals surface area contributed by atoms with Crippen LogP contribution in [0.4, 0.5) is 4.79 Å². The number of carboxylic acids is 1. The number of carboxylic acid groups (broad SMARTS) is 1. The topological polar surface area (TPSA) is 86.7 Å². The Kier molecular flexibility index (Phi) is 6.99. The smallest absolute Gasteiger partial charge is 0.327 e. The van der Waals surface area contributed by atoms with Crippen molar-refractivity contribution in [2.45, 2.75) is 44.6 Å². The summed E-state index contributed by atoms with van der Waals surface area (Å²) in [7, 11) is -0.895. The number of carbonyl (C=O) groups excluding carboxylic acids is 1. The number of aliphatic carboxylic acids is 1. The van der Waals surface area contributed by atoms with Gasteiger partial charge >= 0.3 is 12.0 Å². The summed E-state index contributed by atoms with van der Waals surface area (Å²) in [6, 6.07) is -1.26. The van der Waals surface area contributed by atoms with Gasteiger partial charge < -0.3 is 10.4 Å². The second-order valence-electron chi connectivity index (χ2n) is 5.65. The molecule has 0 bridgehead atoms. The molecule has 0 aromatic rings. The number of nitrogens with zero attached hydrogens (tertiary/aromatic N) is 1. The Morgan fingerprint density at radius 3 is 2.52 bits per heavy atom. The van der Waals surface area contributed by atoms with E-state index in [1.54, 1.807) is 6.26 Å². The Morgan fingerprint density at radius 1 is 1.43 bits per heavy atom. The number of carbonyl (C=O) groups is 2. The molecule has 8 heteroatoms. The van der Waals surface area contributed by atoms with Crippen LogP contribution in [0.3, 0.4) is 0 Å². The van der Waals surface area contributed by atoms with Gasteiger partial charge in [0.25, 0.3) is 0 Å². The third-order valence-electron chi connectivity index (χ3n) is 3.33. The molecule has 0 aliphatic carbocycles. The maximum atomic E-state index is 12.4. The van der Waals surface area contributed by atoms with E-state index in [4.69, 9.17) is 0 Å². The molecule has 2 N–H and O–H groups in total. The summed E-state index contributed by atoms with van der Waals surface area (Å²) in [5.41, 5.74) is 0. The van der Waals surface area contributed by atoms with E-state index in [0.717, 1.165) is 0 Å². The quantitative estimate of drug-likeness (QED) is 0.764. The predicted octanol–water partition coefficient (Wildman–Crippen LogP) is 1.34. The van der Waals surface area contributed by atoms with Gasteiger partial charge in [0.2, 0.25) is 0 Å². The lowest BCUT2D eigenvalue weighted by Crippen LogP contribution is -2.53. The van der Waals surface area contributed by atoms with Crippen LogP contribution in [0.5, 0.6) is 0 Å². The van der Waals surface area contributed by atoms with Gasteiger partial charge in [0, 0.05) is 34.6 Å². The lowest BCUT2D eigenvalue weighted by Gasteiger charge is -2.31. The molecule has 0 saturated carbocycles. The second kappa shape index (κ2) is 8.03. The highest BCUT2D eigenvalue weighted by atomic mass is 32.2. The minimum absolute atomic E-state index is 0.126. The second-order valence-corrected chi connectivity index (χ2v) is 8.35. The molecule has 0 radical (unpaired) electrons. The molecule has 1 heterocycles. The van der Waals surface area contributed by atoms with E-state index in [2.05, 4.69) is 5.32 Å². The van der Waals surface area contributed by atoms with Gasteiger partial charge in [-0.25, -0.2) is 9.59 Å². The molecular weight excluding hydrogens is 312 g/mol. The number of nitrogens with one attached hydrogen (secondary N) is 1. The largest absolute Gasteiger partial charge is 0.480 e. The molecule has 1 aliphatic rings. The summed E-state index contributed by atoms with van der Waals surface area (Å²) in [5, 5.41) is 12.0. The Hall–Kier alpha value is -0.760. The molecule has 4 unspecified atom stereocenters. The van der Waals surface area contributed by atoms with Crippen molar-refractivity contribution in [1.29, 1.82) is 0 Å². The maximum Gasteiger partial charge on any atom is 0.327 e. The van der Waals surface area contributed by atoms with Gasteiger partial charge in [-0.05, 0) is 19.3 Å². The first kappa shape index (κ1) is 18.3. The van der Waals surface area contributed by atoms with Crippen LogP contribution in [0.15, 0.2) is 0 Å². The van der Waals surface area contributed by atoms with Crippen molar-refractivity contribution in [3.63, 3.8) is 0 Å². The number of urea groups is 1. The third kappa shape index (κ3) is 5.18. The number of thioether (sulfide) groups is 1. The summed E-state index contributed by atoms with van der Waals surface area (Å²) >= 11 is 1.50. The summed E-state index contributed by atoms with van der Waals surface area (Å²) in [6.45, 7) is 5.80. The Labute approximate surface area is 132 Å². The first-order valence-corrected chi connectivity index (χ1v) is 9.74. The number of hydrogen-bond acceptors (Lipinski definition) is 4. The van der Waals surface area contributed by atoms with Crippen molar-refractivity contribution in [1.82, 2.24) is 10.2 Å². The fourth-order valence-electron chi connectivity index (χ4n) is 2.19. The lowest BCUT2D eigenvalue weighted by atomic mass is 10.1. The van der Waals surface area contributed by atoms with Crippen LogP contribution in [0.2, 0.25) is 0 Å². The van der Waals surface area contributed by atoms with E-state index < -0.39 is 22.8 Å². The van der Waals surface area contributed by atoms with E-state index in [1.807, 2.05) is 20.8 Å². The number of hydrogen-bond donors (Lipinski definition) is 2. The van der Waals surface area contributed by atoms with Crippen molar-refractivity contribution in [2.24, 2.45) is 5.92 Å². The Morgan fingerprint density at radius 2 is 2.05 bits per heavy atom. The molecule has 0 spiro atoms. The van der Waals surface area contributed by atoms with Gasteiger partial charge in [-0.2, -0.15) is 0 Å².